The maximum atomic E-state index is 15.4. The standard InChI is InChI=1S/C69H106ClF3N12O12/c1-13-33-84-45(6)60(90)75-58(44(5)14-2)65(95)79(9)41-56(88)77(7)42-57(89)80(10)52(38-46-24-17-15-18-25-46)63(93)78(8)40-54(86)74-50(30-28-47-27-29-48(49(70)37-47)69(71,72)73)62(92)85-36-23-26-51(85)61(91)76-68(31-19-20-32-68)67(97)82(12)59(43(3)4)66(96)81(11)53(39-55(84)87)64(94)83-34-21-16-22-35-83/h27,29,37,43-46,50-53,58-59H,13-26,28,30-36,38-42H2,1-12H3,(H,74,86)(H,75,90)(H,76,91)/t44-,45-,50-,51-,52-,53-,58-,59-/m0/s1. The zero-order chi connectivity index (χ0) is 72.0. The summed E-state index contributed by atoms with van der Waals surface area (Å²) in [6.07, 6.45) is 3.76. The van der Waals surface area contributed by atoms with Crippen LogP contribution in [0.3, 0.4) is 0 Å². The van der Waals surface area contributed by atoms with Crippen LogP contribution in [0.25, 0.3) is 0 Å². The first-order chi connectivity index (χ1) is 45.7. The van der Waals surface area contributed by atoms with E-state index in [1.54, 1.807) is 32.6 Å². The zero-order valence-corrected chi connectivity index (χ0v) is 59.8. The first-order valence-corrected chi connectivity index (χ1v) is 35.3. The molecule has 12 amide bonds. The van der Waals surface area contributed by atoms with Gasteiger partial charge in [-0.15, -0.1) is 0 Å². The van der Waals surface area contributed by atoms with E-state index in [9.17, 15) is 56.3 Å². The molecule has 6 rings (SSSR count). The number of carbonyl (C=O) groups is 12. The quantitative estimate of drug-likeness (QED) is 0.256. The van der Waals surface area contributed by atoms with Crippen molar-refractivity contribution in [2.45, 2.75) is 224 Å². The Bertz CT molecular complexity index is 3010. The third kappa shape index (κ3) is 19.9. The highest BCUT2D eigenvalue weighted by Crippen LogP contribution is 2.37. The molecule has 0 aromatic heterocycles. The summed E-state index contributed by atoms with van der Waals surface area (Å²) < 4.78 is 41.5. The highest BCUT2D eigenvalue weighted by molar-refractivity contribution is 6.31. The second-order valence-corrected chi connectivity index (χ2v) is 28.5. The summed E-state index contributed by atoms with van der Waals surface area (Å²) in [5.41, 5.74) is -2.36. The number of hydrogen-bond donors (Lipinski definition) is 3. The number of alkyl halides is 3. The molecule has 0 radical (unpaired) electrons. The van der Waals surface area contributed by atoms with Crippen molar-refractivity contribution in [3.05, 3.63) is 34.3 Å². The molecule has 0 unspecified atom stereocenters. The molecule has 1 spiro atoms. The summed E-state index contributed by atoms with van der Waals surface area (Å²) in [6.45, 7) is 9.48. The molecule has 2 aliphatic carbocycles. The lowest BCUT2D eigenvalue weighted by molar-refractivity contribution is -0.156. The molecule has 97 heavy (non-hydrogen) atoms. The van der Waals surface area contributed by atoms with Crippen LogP contribution in [0.5, 0.6) is 0 Å². The van der Waals surface area contributed by atoms with Gasteiger partial charge < -0.3 is 60.0 Å². The summed E-state index contributed by atoms with van der Waals surface area (Å²) in [6, 6.07) is -5.66. The fourth-order valence-electron chi connectivity index (χ4n) is 14.5. The lowest BCUT2D eigenvalue weighted by Gasteiger charge is -2.42. The number of aryl methyl sites for hydroxylation is 1. The molecule has 3 aliphatic heterocycles. The molecule has 8 atom stereocenters. The van der Waals surface area contributed by atoms with Crippen molar-refractivity contribution in [1.29, 1.82) is 0 Å². The molecule has 1 aromatic carbocycles. The topological polar surface area (TPSA) is 270 Å². The van der Waals surface area contributed by atoms with Crippen molar-refractivity contribution >= 4 is 82.5 Å². The summed E-state index contributed by atoms with van der Waals surface area (Å²) in [4.78, 5) is 189. The van der Waals surface area contributed by atoms with Gasteiger partial charge in [-0.1, -0.05) is 104 Å². The van der Waals surface area contributed by atoms with Gasteiger partial charge in [-0.2, -0.15) is 13.2 Å². The second kappa shape index (κ2) is 35.1. The molecule has 3 heterocycles. The minimum absolute atomic E-state index is 0.0200. The van der Waals surface area contributed by atoms with Gasteiger partial charge in [0.1, 0.15) is 47.8 Å². The van der Waals surface area contributed by atoms with Gasteiger partial charge in [-0.25, -0.2) is 0 Å². The molecule has 2 saturated carbocycles. The summed E-state index contributed by atoms with van der Waals surface area (Å²) in [5.74, 6) is -8.94. The van der Waals surface area contributed by atoms with Gasteiger partial charge in [0.15, 0.2) is 0 Å². The van der Waals surface area contributed by atoms with E-state index in [0.717, 1.165) is 65.4 Å². The Balaban J connectivity index is 1.41. The summed E-state index contributed by atoms with van der Waals surface area (Å²) in [7, 11) is 8.41. The molecule has 28 heteroatoms. The lowest BCUT2D eigenvalue weighted by atomic mass is 9.84. The third-order valence-corrected chi connectivity index (χ3v) is 21.0. The molecular weight excluding hydrogens is 1280 g/mol. The number of nitrogens with one attached hydrogen (secondary N) is 3. The van der Waals surface area contributed by atoms with E-state index in [4.69, 9.17) is 11.6 Å². The Labute approximate surface area is 575 Å². The van der Waals surface area contributed by atoms with Gasteiger partial charge in [0.25, 0.3) is 0 Å². The molecule has 3 saturated heterocycles. The van der Waals surface area contributed by atoms with Crippen molar-refractivity contribution in [3.8, 4) is 0 Å². The van der Waals surface area contributed by atoms with E-state index < -0.39 is 173 Å². The maximum absolute atomic E-state index is 15.4. The van der Waals surface area contributed by atoms with Crippen LogP contribution in [0.15, 0.2) is 18.2 Å². The Kier molecular flexibility index (Phi) is 28.6. The molecule has 542 valence electrons. The van der Waals surface area contributed by atoms with Crippen LogP contribution in [0.4, 0.5) is 13.2 Å². The van der Waals surface area contributed by atoms with Crippen LogP contribution in [-0.4, -0.2) is 251 Å². The molecule has 3 N–H and O–H groups in total. The van der Waals surface area contributed by atoms with Gasteiger partial charge >= 0.3 is 6.18 Å². The number of rotatable bonds is 11. The van der Waals surface area contributed by atoms with Crippen LogP contribution in [0, 0.1) is 17.8 Å². The average Bonchev–Trinajstić information content (AvgIpc) is 1.75. The Morgan fingerprint density at radius 3 is 1.89 bits per heavy atom. The van der Waals surface area contributed by atoms with Gasteiger partial charge in [0.2, 0.25) is 70.9 Å². The Morgan fingerprint density at radius 2 is 1.29 bits per heavy atom. The first-order valence-electron chi connectivity index (χ1n) is 34.9. The fraction of sp³-hybridized carbons (Fsp3) is 0.739. The zero-order valence-electron chi connectivity index (χ0n) is 59.0. The SMILES string of the molecule is CCCN1C(=O)C[C@@H](C(=O)N2CCCCC2)N(C)C(=O)[C@H](C(C)C)N(C)C(=O)C2(CCCC2)NC(=O)[C@@H]2CCCN2C(=O)[C@H](CCc2ccc(C(F)(F)F)c(Cl)c2)NC(=O)CN(C)C(=O)[C@H](CC2CCCCC2)N(C)C(=O)CN(C)C(=O)CN(C)C(=O)[C@H]([C@@H](C)CC)NC(=O)[C@@H]1C. The van der Waals surface area contributed by atoms with E-state index in [0.29, 0.717) is 63.6 Å². The highest BCUT2D eigenvalue weighted by Gasteiger charge is 2.51. The number of piperidine rings is 1. The van der Waals surface area contributed by atoms with E-state index in [1.807, 2.05) is 6.92 Å². The smallest absolute Gasteiger partial charge is 0.343 e. The Hall–Kier alpha value is -7.06. The largest absolute Gasteiger partial charge is 0.417 e. The monoisotopic (exact) mass is 1390 g/mol. The predicted molar refractivity (Wildman–Crippen MR) is 357 cm³/mol. The van der Waals surface area contributed by atoms with Crippen LogP contribution in [0.2, 0.25) is 5.02 Å². The number of carbonyl (C=O) groups excluding carboxylic acids is 12. The van der Waals surface area contributed by atoms with E-state index in [2.05, 4.69) is 16.0 Å². The molecular formula is C69H106ClF3N12O12. The fourth-order valence-corrected chi connectivity index (χ4v) is 14.8. The summed E-state index contributed by atoms with van der Waals surface area (Å²) in [5, 5.41) is 8.04. The number of benzene rings is 1. The average molecular weight is 1390 g/mol. The molecule has 24 nitrogen and oxygen atoms in total. The van der Waals surface area contributed by atoms with Crippen LogP contribution in [-0.2, 0) is 70.1 Å². The van der Waals surface area contributed by atoms with Crippen molar-refractivity contribution in [2.24, 2.45) is 17.8 Å². The second-order valence-electron chi connectivity index (χ2n) is 28.1. The predicted octanol–water partition coefficient (Wildman–Crippen LogP) is 5.25. The van der Waals surface area contributed by atoms with Gasteiger partial charge in [0, 0.05) is 68.5 Å². The number of halogens is 4. The van der Waals surface area contributed by atoms with Gasteiger partial charge in [0.05, 0.1) is 36.6 Å². The van der Waals surface area contributed by atoms with Crippen LogP contribution < -0.4 is 16.0 Å². The highest BCUT2D eigenvalue weighted by atomic mass is 35.5. The van der Waals surface area contributed by atoms with Crippen molar-refractivity contribution in [3.63, 3.8) is 0 Å². The van der Waals surface area contributed by atoms with Crippen LogP contribution >= 0.6 is 11.6 Å². The minimum atomic E-state index is -4.76. The number of fused-ring (bicyclic) bond motifs is 1. The van der Waals surface area contributed by atoms with E-state index in [1.165, 1.54) is 79.8 Å². The molecule has 5 aliphatic rings. The maximum Gasteiger partial charge on any atom is 0.417 e. The lowest BCUT2D eigenvalue weighted by Crippen LogP contribution is -2.65. The van der Waals surface area contributed by atoms with E-state index >= 15 is 14.4 Å². The van der Waals surface area contributed by atoms with Gasteiger partial charge in [-0.3, -0.25) is 57.5 Å². The third-order valence-electron chi connectivity index (χ3n) is 20.7. The number of nitrogens with zero attached hydrogens (tertiary/aromatic N) is 9. The normalized spacial score (nSPS) is 26.3. The summed E-state index contributed by atoms with van der Waals surface area (Å²) >= 11 is 6.14. The van der Waals surface area contributed by atoms with Crippen molar-refractivity contribution in [1.82, 2.24) is 60.0 Å². The van der Waals surface area contributed by atoms with Gasteiger partial charge in [-0.05, 0) is 113 Å². The van der Waals surface area contributed by atoms with Crippen molar-refractivity contribution < 1.29 is 70.7 Å². The minimum Gasteiger partial charge on any atom is -0.343 e. The molecule has 5 fully saturated rings. The number of likely N-dealkylation sites (tertiary alicyclic amines) is 1. The van der Waals surface area contributed by atoms with Crippen molar-refractivity contribution in [2.75, 3.05) is 88.1 Å². The molecule has 0 bridgehead atoms. The molecule has 1 aromatic rings. The van der Waals surface area contributed by atoms with E-state index in [-0.39, 0.29) is 57.5 Å². The number of likely N-dealkylation sites (N-methyl/N-ethyl adjacent to an activating group) is 6. The number of amides is 12. The first kappa shape index (κ1) is 78.9. The Morgan fingerprint density at radius 1 is 0.670 bits per heavy atom. The van der Waals surface area contributed by atoms with Crippen LogP contribution in [0.1, 0.15) is 175 Å². The number of hydrogen-bond acceptors (Lipinski definition) is 12.